The van der Waals surface area contributed by atoms with Gasteiger partial charge in [0.15, 0.2) is 0 Å². The highest BCUT2D eigenvalue weighted by atomic mass is 32.1. The van der Waals surface area contributed by atoms with Crippen LogP contribution in [-0.4, -0.2) is 30.9 Å². The molecule has 0 saturated heterocycles. The topological polar surface area (TPSA) is 35.5 Å². The maximum Gasteiger partial charge on any atom is 0.122 e. The molecule has 0 radical (unpaired) electrons. The molecule has 0 amide bonds. The molecule has 18 heavy (non-hydrogen) atoms. The number of hydrogen-bond donors (Lipinski definition) is 1. The first-order valence-corrected chi connectivity index (χ1v) is 7.08. The van der Waals surface area contributed by atoms with Crippen molar-refractivity contribution in [2.45, 2.75) is 38.7 Å². The standard InChI is InChI=1S/C14H24O3S/c1-4-16-9-10-17-14(7-8-15)6-5-12(11-18)13(14,2)3/h4,8,12,18H,1,5-7,9-11H2,2-3H3. The van der Waals surface area contributed by atoms with E-state index in [1.54, 1.807) is 0 Å². The van der Waals surface area contributed by atoms with Gasteiger partial charge in [-0.3, -0.25) is 0 Å². The Bertz CT molecular complexity index is 291. The van der Waals surface area contributed by atoms with Gasteiger partial charge in [-0.15, -0.1) is 0 Å². The molecule has 2 atom stereocenters. The van der Waals surface area contributed by atoms with Gasteiger partial charge in [0, 0.05) is 6.42 Å². The number of rotatable bonds is 8. The Labute approximate surface area is 115 Å². The molecular formula is C14H24O3S. The number of carbonyl (C=O) groups is 1. The first-order valence-electron chi connectivity index (χ1n) is 6.45. The van der Waals surface area contributed by atoms with Crippen LogP contribution in [0.4, 0.5) is 0 Å². The van der Waals surface area contributed by atoms with Crippen LogP contribution in [0.3, 0.4) is 0 Å². The Morgan fingerprint density at radius 2 is 2.17 bits per heavy atom. The minimum absolute atomic E-state index is 0.0379. The smallest absolute Gasteiger partial charge is 0.122 e. The van der Waals surface area contributed by atoms with Gasteiger partial charge in [-0.1, -0.05) is 20.4 Å². The number of thiol groups is 1. The molecular weight excluding hydrogens is 248 g/mol. The molecule has 0 bridgehead atoms. The van der Waals surface area contributed by atoms with Gasteiger partial charge in [0.1, 0.15) is 12.9 Å². The predicted octanol–water partition coefficient (Wildman–Crippen LogP) is 2.86. The molecule has 1 fully saturated rings. The quantitative estimate of drug-likeness (QED) is 0.319. The largest absolute Gasteiger partial charge is 0.499 e. The molecule has 1 aliphatic rings. The Hall–Kier alpha value is -0.480. The highest BCUT2D eigenvalue weighted by Crippen LogP contribution is 2.53. The van der Waals surface area contributed by atoms with Gasteiger partial charge in [-0.25, -0.2) is 0 Å². The van der Waals surface area contributed by atoms with Crippen molar-refractivity contribution in [1.29, 1.82) is 0 Å². The van der Waals surface area contributed by atoms with Crippen LogP contribution in [0.25, 0.3) is 0 Å². The van der Waals surface area contributed by atoms with Crippen molar-refractivity contribution in [3.63, 3.8) is 0 Å². The van der Waals surface area contributed by atoms with E-state index >= 15 is 0 Å². The van der Waals surface area contributed by atoms with Gasteiger partial charge in [0.05, 0.1) is 18.5 Å². The lowest BCUT2D eigenvalue weighted by atomic mass is 9.71. The predicted molar refractivity (Wildman–Crippen MR) is 75.9 cm³/mol. The van der Waals surface area contributed by atoms with Gasteiger partial charge in [0.2, 0.25) is 0 Å². The average Bonchev–Trinajstić information content (AvgIpc) is 2.58. The van der Waals surface area contributed by atoms with Crippen LogP contribution in [0, 0.1) is 11.3 Å². The lowest BCUT2D eigenvalue weighted by molar-refractivity contribution is -0.138. The summed E-state index contributed by atoms with van der Waals surface area (Å²) in [4.78, 5) is 11.0. The van der Waals surface area contributed by atoms with E-state index in [4.69, 9.17) is 9.47 Å². The molecule has 2 unspecified atom stereocenters. The molecule has 0 aromatic carbocycles. The van der Waals surface area contributed by atoms with Gasteiger partial charge < -0.3 is 14.3 Å². The van der Waals surface area contributed by atoms with Crippen LogP contribution in [0.1, 0.15) is 33.1 Å². The zero-order valence-electron chi connectivity index (χ0n) is 11.4. The summed E-state index contributed by atoms with van der Waals surface area (Å²) in [6, 6.07) is 0. The third-order valence-corrected chi connectivity index (χ3v) is 4.86. The minimum atomic E-state index is -0.368. The Balaban J connectivity index is 2.74. The number of ether oxygens (including phenoxy) is 2. The Morgan fingerprint density at radius 3 is 2.67 bits per heavy atom. The van der Waals surface area contributed by atoms with Crippen LogP contribution < -0.4 is 0 Å². The molecule has 1 rings (SSSR count). The first kappa shape index (κ1) is 15.6. The molecule has 0 N–H and O–H groups in total. The molecule has 0 aliphatic heterocycles. The van der Waals surface area contributed by atoms with Crippen molar-refractivity contribution in [3.8, 4) is 0 Å². The Morgan fingerprint density at radius 1 is 1.44 bits per heavy atom. The second-order valence-corrected chi connectivity index (χ2v) is 5.76. The van der Waals surface area contributed by atoms with Crippen LogP contribution >= 0.6 is 12.6 Å². The van der Waals surface area contributed by atoms with Crippen molar-refractivity contribution in [3.05, 3.63) is 12.8 Å². The van der Waals surface area contributed by atoms with Crippen LogP contribution in [0.5, 0.6) is 0 Å². The van der Waals surface area contributed by atoms with Crippen LogP contribution in [-0.2, 0) is 14.3 Å². The van der Waals surface area contributed by atoms with E-state index in [1.807, 2.05) is 0 Å². The number of hydrogen-bond acceptors (Lipinski definition) is 4. The van der Waals surface area contributed by atoms with Gasteiger partial charge >= 0.3 is 0 Å². The van der Waals surface area contributed by atoms with E-state index in [1.165, 1.54) is 6.26 Å². The van der Waals surface area contributed by atoms with E-state index in [-0.39, 0.29) is 11.0 Å². The van der Waals surface area contributed by atoms with Gasteiger partial charge in [-0.2, -0.15) is 12.6 Å². The molecule has 0 aromatic rings. The molecule has 1 saturated carbocycles. The van der Waals surface area contributed by atoms with E-state index in [9.17, 15) is 4.79 Å². The number of aldehydes is 1. The third-order valence-electron chi connectivity index (χ3n) is 4.42. The molecule has 104 valence electrons. The van der Waals surface area contributed by atoms with Crippen LogP contribution in [0.2, 0.25) is 0 Å². The fourth-order valence-corrected chi connectivity index (χ4v) is 3.61. The van der Waals surface area contributed by atoms with Crippen LogP contribution in [0.15, 0.2) is 12.8 Å². The highest BCUT2D eigenvalue weighted by Gasteiger charge is 2.54. The van der Waals surface area contributed by atoms with E-state index in [2.05, 4.69) is 33.1 Å². The highest BCUT2D eigenvalue weighted by molar-refractivity contribution is 7.80. The minimum Gasteiger partial charge on any atom is -0.499 e. The average molecular weight is 272 g/mol. The van der Waals surface area contributed by atoms with Crippen molar-refractivity contribution < 1.29 is 14.3 Å². The Kier molecular flexibility index (Phi) is 5.73. The molecule has 4 heteroatoms. The van der Waals surface area contributed by atoms with E-state index < -0.39 is 0 Å². The van der Waals surface area contributed by atoms with Gasteiger partial charge in [0.25, 0.3) is 0 Å². The van der Waals surface area contributed by atoms with Crippen molar-refractivity contribution in [1.82, 2.24) is 0 Å². The zero-order chi connectivity index (χ0) is 13.6. The summed E-state index contributed by atoms with van der Waals surface area (Å²) in [6.45, 7) is 8.82. The summed E-state index contributed by atoms with van der Waals surface area (Å²) in [5.41, 5.74) is -0.406. The lowest BCUT2D eigenvalue weighted by Gasteiger charge is -2.43. The zero-order valence-corrected chi connectivity index (χ0v) is 12.2. The summed E-state index contributed by atoms with van der Waals surface area (Å²) in [6.07, 6.45) is 4.80. The SMILES string of the molecule is C=COCCOC1(CC=O)CCC(CS)C1(C)C. The summed E-state index contributed by atoms with van der Waals surface area (Å²) in [7, 11) is 0. The first-order chi connectivity index (χ1) is 8.54. The second kappa shape index (κ2) is 6.62. The fourth-order valence-electron chi connectivity index (χ4n) is 2.97. The molecule has 0 heterocycles. The van der Waals surface area contributed by atoms with E-state index in [0.717, 1.165) is 24.9 Å². The lowest BCUT2D eigenvalue weighted by Crippen LogP contribution is -2.46. The van der Waals surface area contributed by atoms with Crippen molar-refractivity contribution in [2.24, 2.45) is 11.3 Å². The summed E-state index contributed by atoms with van der Waals surface area (Å²) in [5.74, 6) is 1.32. The van der Waals surface area contributed by atoms with Gasteiger partial charge in [-0.05, 0) is 29.9 Å². The maximum absolute atomic E-state index is 11.0. The summed E-state index contributed by atoms with van der Waals surface area (Å²) < 4.78 is 11.1. The fraction of sp³-hybridized carbons (Fsp3) is 0.786. The normalized spacial score (nSPS) is 30.1. The van der Waals surface area contributed by atoms with E-state index in [0.29, 0.717) is 25.6 Å². The molecule has 0 spiro atoms. The molecule has 1 aliphatic carbocycles. The monoisotopic (exact) mass is 272 g/mol. The summed E-state index contributed by atoms with van der Waals surface area (Å²) >= 11 is 4.42. The van der Waals surface area contributed by atoms with Crippen molar-refractivity contribution in [2.75, 3.05) is 19.0 Å². The summed E-state index contributed by atoms with van der Waals surface area (Å²) in [5, 5.41) is 0. The molecule has 0 aromatic heterocycles. The number of carbonyl (C=O) groups excluding carboxylic acids is 1. The third kappa shape index (κ3) is 2.91. The second-order valence-electron chi connectivity index (χ2n) is 5.39. The maximum atomic E-state index is 11.0. The molecule has 3 nitrogen and oxygen atoms in total. The van der Waals surface area contributed by atoms with Crippen molar-refractivity contribution >= 4 is 18.9 Å².